The van der Waals surface area contributed by atoms with Crippen LogP contribution in [0.1, 0.15) is 12.5 Å². The summed E-state index contributed by atoms with van der Waals surface area (Å²) >= 11 is 0. The van der Waals surface area contributed by atoms with Crippen LogP contribution in [0, 0.1) is 0 Å². The van der Waals surface area contributed by atoms with Gasteiger partial charge in [-0.3, -0.25) is 0 Å². The molecule has 3 nitrogen and oxygen atoms in total. The Hall–Kier alpha value is -1.22. The van der Waals surface area contributed by atoms with E-state index in [2.05, 4.69) is 0 Å². The number of para-hydroxylation sites is 1. The topological polar surface area (TPSA) is 32.7 Å². The van der Waals surface area contributed by atoms with Crippen molar-refractivity contribution >= 4 is 0 Å². The van der Waals surface area contributed by atoms with E-state index in [9.17, 15) is 5.11 Å². The van der Waals surface area contributed by atoms with E-state index in [1.807, 2.05) is 38.1 Å². The second-order valence-corrected chi connectivity index (χ2v) is 3.43. The van der Waals surface area contributed by atoms with Crippen molar-refractivity contribution in [3.8, 4) is 11.5 Å². The molecule has 14 heavy (non-hydrogen) atoms. The summed E-state index contributed by atoms with van der Waals surface area (Å²) in [5.41, 5.74) is 0.890. The minimum atomic E-state index is 0.253. The Balaban J connectivity index is 2.89. The first-order valence-electron chi connectivity index (χ1n) is 4.73. The van der Waals surface area contributed by atoms with Crippen LogP contribution in [-0.4, -0.2) is 30.7 Å². The zero-order valence-electron chi connectivity index (χ0n) is 8.95. The summed E-state index contributed by atoms with van der Waals surface area (Å²) in [6.45, 7) is 3.18. The average molecular weight is 195 g/mol. The van der Waals surface area contributed by atoms with Crippen molar-refractivity contribution in [1.29, 1.82) is 0 Å². The predicted molar refractivity (Wildman–Crippen MR) is 56.7 cm³/mol. The van der Waals surface area contributed by atoms with Gasteiger partial charge in [-0.15, -0.1) is 0 Å². The third-order valence-electron chi connectivity index (χ3n) is 1.87. The summed E-state index contributed by atoms with van der Waals surface area (Å²) in [6, 6.07) is 5.57. The highest BCUT2D eigenvalue weighted by Gasteiger charge is 2.07. The lowest BCUT2D eigenvalue weighted by Crippen LogP contribution is -2.10. The number of ether oxygens (including phenoxy) is 1. The number of rotatable bonds is 4. The maximum absolute atomic E-state index is 9.82. The highest BCUT2D eigenvalue weighted by atomic mass is 16.5. The fourth-order valence-corrected chi connectivity index (χ4v) is 1.31. The molecule has 0 atom stereocenters. The van der Waals surface area contributed by atoms with Gasteiger partial charge in [0.05, 0.1) is 6.61 Å². The van der Waals surface area contributed by atoms with E-state index in [1.54, 1.807) is 6.07 Å². The summed E-state index contributed by atoms with van der Waals surface area (Å²) in [6.07, 6.45) is 0. The van der Waals surface area contributed by atoms with Crippen LogP contribution in [0.3, 0.4) is 0 Å². The van der Waals surface area contributed by atoms with Crippen molar-refractivity contribution in [2.24, 2.45) is 0 Å². The van der Waals surface area contributed by atoms with Crippen LogP contribution in [0.5, 0.6) is 11.5 Å². The normalized spacial score (nSPS) is 10.6. The quantitative estimate of drug-likeness (QED) is 0.796. The van der Waals surface area contributed by atoms with Crippen molar-refractivity contribution in [3.05, 3.63) is 23.8 Å². The van der Waals surface area contributed by atoms with Crippen molar-refractivity contribution in [1.82, 2.24) is 4.90 Å². The van der Waals surface area contributed by atoms with Crippen LogP contribution in [0.2, 0.25) is 0 Å². The maximum atomic E-state index is 9.82. The molecule has 78 valence electrons. The van der Waals surface area contributed by atoms with Gasteiger partial charge in [-0.1, -0.05) is 12.1 Å². The summed E-state index contributed by atoms with van der Waals surface area (Å²) in [4.78, 5) is 2.00. The summed E-state index contributed by atoms with van der Waals surface area (Å²) in [5.74, 6) is 0.815. The molecule has 1 rings (SSSR count). The zero-order valence-corrected chi connectivity index (χ0v) is 8.95. The Kier molecular flexibility index (Phi) is 3.77. The van der Waals surface area contributed by atoms with Gasteiger partial charge in [-0.05, 0) is 27.1 Å². The van der Waals surface area contributed by atoms with Gasteiger partial charge in [0.1, 0.15) is 0 Å². The summed E-state index contributed by atoms with van der Waals surface area (Å²) in [5, 5.41) is 9.82. The Morgan fingerprint density at radius 3 is 2.64 bits per heavy atom. The number of nitrogens with zero attached hydrogens (tertiary/aromatic N) is 1. The van der Waals surface area contributed by atoms with Crippen LogP contribution in [0.25, 0.3) is 0 Å². The smallest absolute Gasteiger partial charge is 0.162 e. The minimum absolute atomic E-state index is 0.253. The highest BCUT2D eigenvalue weighted by Crippen LogP contribution is 2.30. The van der Waals surface area contributed by atoms with Crippen molar-refractivity contribution in [2.75, 3.05) is 20.7 Å². The van der Waals surface area contributed by atoms with Gasteiger partial charge in [-0.25, -0.2) is 0 Å². The molecule has 1 N–H and O–H groups in total. The van der Waals surface area contributed by atoms with Gasteiger partial charge in [0.25, 0.3) is 0 Å². The molecule has 0 radical (unpaired) electrons. The molecular formula is C11H17NO2. The molecule has 0 amide bonds. The first-order chi connectivity index (χ1) is 6.65. The maximum Gasteiger partial charge on any atom is 0.162 e. The Morgan fingerprint density at radius 2 is 2.07 bits per heavy atom. The van der Waals surface area contributed by atoms with Gasteiger partial charge >= 0.3 is 0 Å². The van der Waals surface area contributed by atoms with E-state index in [0.717, 1.165) is 5.56 Å². The fourth-order valence-electron chi connectivity index (χ4n) is 1.31. The van der Waals surface area contributed by atoms with E-state index in [-0.39, 0.29) is 5.75 Å². The van der Waals surface area contributed by atoms with Crippen molar-refractivity contribution < 1.29 is 9.84 Å². The number of hydrogen-bond donors (Lipinski definition) is 1. The molecule has 0 aliphatic rings. The van der Waals surface area contributed by atoms with Crippen LogP contribution < -0.4 is 4.74 Å². The molecule has 0 aromatic heterocycles. The molecule has 0 unspecified atom stereocenters. The van der Waals surface area contributed by atoms with Gasteiger partial charge in [0.2, 0.25) is 0 Å². The number of phenolic OH excluding ortho intramolecular Hbond substituents is 1. The van der Waals surface area contributed by atoms with Gasteiger partial charge in [-0.2, -0.15) is 0 Å². The zero-order chi connectivity index (χ0) is 10.6. The van der Waals surface area contributed by atoms with E-state index >= 15 is 0 Å². The lowest BCUT2D eigenvalue weighted by molar-refractivity contribution is 0.312. The second-order valence-electron chi connectivity index (χ2n) is 3.43. The standard InChI is InChI=1S/C11H17NO2/c1-4-14-10-7-5-6-9(11(10)13)8-12(2)3/h5-7,13H,4,8H2,1-3H3. The number of hydrogen-bond acceptors (Lipinski definition) is 3. The highest BCUT2D eigenvalue weighted by molar-refractivity contribution is 5.45. The SMILES string of the molecule is CCOc1cccc(CN(C)C)c1O. The molecule has 1 aromatic rings. The van der Waals surface area contributed by atoms with E-state index in [4.69, 9.17) is 4.74 Å². The molecule has 0 saturated heterocycles. The fraction of sp³-hybridized carbons (Fsp3) is 0.455. The van der Waals surface area contributed by atoms with E-state index < -0.39 is 0 Å². The first kappa shape index (κ1) is 10.9. The lowest BCUT2D eigenvalue weighted by atomic mass is 10.2. The molecule has 0 aliphatic carbocycles. The second kappa shape index (κ2) is 4.86. The van der Waals surface area contributed by atoms with Crippen LogP contribution in [-0.2, 0) is 6.54 Å². The van der Waals surface area contributed by atoms with Crippen LogP contribution in [0.4, 0.5) is 0 Å². The molecule has 0 heterocycles. The van der Waals surface area contributed by atoms with Crippen molar-refractivity contribution in [2.45, 2.75) is 13.5 Å². The average Bonchev–Trinajstić information content (AvgIpc) is 2.11. The summed E-state index contributed by atoms with van der Waals surface area (Å²) < 4.78 is 5.29. The van der Waals surface area contributed by atoms with E-state index in [0.29, 0.717) is 18.9 Å². The number of phenols is 1. The van der Waals surface area contributed by atoms with Gasteiger partial charge < -0.3 is 14.7 Å². The Morgan fingerprint density at radius 1 is 1.36 bits per heavy atom. The number of aromatic hydroxyl groups is 1. The van der Waals surface area contributed by atoms with Crippen LogP contribution in [0.15, 0.2) is 18.2 Å². The molecule has 0 aliphatic heterocycles. The molecular weight excluding hydrogens is 178 g/mol. The third-order valence-corrected chi connectivity index (χ3v) is 1.87. The van der Waals surface area contributed by atoms with Gasteiger partial charge in [0, 0.05) is 12.1 Å². The summed E-state index contributed by atoms with van der Waals surface area (Å²) in [7, 11) is 3.93. The van der Waals surface area contributed by atoms with Gasteiger partial charge in [0.15, 0.2) is 11.5 Å². The van der Waals surface area contributed by atoms with E-state index in [1.165, 1.54) is 0 Å². The monoisotopic (exact) mass is 195 g/mol. The van der Waals surface area contributed by atoms with Crippen molar-refractivity contribution in [3.63, 3.8) is 0 Å². The molecule has 0 saturated carbocycles. The third kappa shape index (κ3) is 2.64. The lowest BCUT2D eigenvalue weighted by Gasteiger charge is -2.13. The largest absolute Gasteiger partial charge is 0.504 e. The molecule has 1 aromatic carbocycles. The predicted octanol–water partition coefficient (Wildman–Crippen LogP) is 1.85. The Labute approximate surface area is 84.9 Å². The minimum Gasteiger partial charge on any atom is -0.504 e. The van der Waals surface area contributed by atoms with Crippen LogP contribution >= 0.6 is 0 Å². The molecule has 0 fully saturated rings. The number of benzene rings is 1. The molecule has 0 bridgehead atoms. The first-order valence-corrected chi connectivity index (χ1v) is 4.73. The molecule has 0 spiro atoms. The molecule has 3 heteroatoms. The Bertz CT molecular complexity index is 297.